The van der Waals surface area contributed by atoms with E-state index in [1.54, 1.807) is 24.3 Å². The lowest BCUT2D eigenvalue weighted by Gasteiger charge is -1.97. The summed E-state index contributed by atoms with van der Waals surface area (Å²) in [6.45, 7) is 0. The molecule has 0 radical (unpaired) electrons. The first kappa shape index (κ1) is 11.2. The Morgan fingerprint density at radius 1 is 1.41 bits per heavy atom. The minimum atomic E-state index is 0.00167. The Morgan fingerprint density at radius 3 is 2.76 bits per heavy atom. The number of nitrogens with zero attached hydrogens (tertiary/aromatic N) is 3. The molecule has 1 aromatic heterocycles. The van der Waals surface area contributed by atoms with Crippen LogP contribution < -0.4 is 10.6 Å². The summed E-state index contributed by atoms with van der Waals surface area (Å²) >= 11 is 0.991. The van der Waals surface area contributed by atoms with E-state index in [4.69, 9.17) is 10.6 Å². The van der Waals surface area contributed by atoms with Crippen molar-refractivity contribution in [2.24, 2.45) is 5.16 Å². The average molecular weight is 248 g/mol. The molecule has 2 aromatic rings. The molecule has 0 bridgehead atoms. The maximum absolute atomic E-state index is 10.8. The molecule has 0 amide bonds. The normalized spacial score (nSPS) is 11.2. The predicted molar refractivity (Wildman–Crippen MR) is 64.0 cm³/mol. The van der Waals surface area contributed by atoms with Gasteiger partial charge in [-0.25, -0.2) is 0 Å². The monoisotopic (exact) mass is 248 g/mol. The van der Waals surface area contributed by atoms with Crippen LogP contribution in [0.15, 0.2) is 35.5 Å². The summed E-state index contributed by atoms with van der Waals surface area (Å²) < 4.78 is 3.86. The van der Waals surface area contributed by atoms with Gasteiger partial charge in [-0.15, -0.1) is 0 Å². The van der Waals surface area contributed by atoms with Crippen molar-refractivity contribution in [2.75, 3.05) is 5.73 Å². The highest BCUT2D eigenvalue weighted by Crippen LogP contribution is 2.10. The van der Waals surface area contributed by atoms with Crippen molar-refractivity contribution in [3.63, 3.8) is 0 Å². The molecule has 1 aromatic carbocycles. The van der Waals surface area contributed by atoms with Gasteiger partial charge in [-0.1, -0.05) is 23.4 Å². The third-order valence-corrected chi connectivity index (χ3v) is 2.32. The van der Waals surface area contributed by atoms with Crippen molar-refractivity contribution >= 4 is 28.7 Å². The van der Waals surface area contributed by atoms with Crippen LogP contribution in [0, 0.1) is 0 Å². The van der Waals surface area contributed by atoms with Crippen LogP contribution in [0.5, 0.6) is 5.75 Å². The number of carbonyl (C=O) groups is 1. The topological polar surface area (TPSA) is 90.5 Å². The van der Waals surface area contributed by atoms with Gasteiger partial charge in [0, 0.05) is 11.5 Å². The van der Waals surface area contributed by atoms with Crippen molar-refractivity contribution in [2.45, 2.75) is 0 Å². The van der Waals surface area contributed by atoms with Gasteiger partial charge >= 0.3 is 0 Å². The Morgan fingerprint density at radius 2 is 2.18 bits per heavy atom. The highest BCUT2D eigenvalue weighted by Gasteiger charge is 2.09. The van der Waals surface area contributed by atoms with Crippen LogP contribution in [0.1, 0.15) is 5.82 Å². The number of nitrogens with two attached hydrogens (primary N) is 1. The summed E-state index contributed by atoms with van der Waals surface area (Å²) in [6.07, 6.45) is 0.518. The lowest BCUT2D eigenvalue weighted by molar-refractivity contribution is -0.102. The molecule has 0 atom stereocenters. The van der Waals surface area contributed by atoms with Crippen molar-refractivity contribution in [3.8, 4) is 5.75 Å². The predicted octanol–water partition coefficient (Wildman–Crippen LogP) is 1.10. The molecule has 0 spiro atoms. The quantitative estimate of drug-likeness (QED) is 0.497. The number of carbonyl (C=O) groups excluding carboxylic acids is 1. The number of anilines is 1. The van der Waals surface area contributed by atoms with Crippen LogP contribution in [-0.4, -0.2) is 21.4 Å². The number of rotatable bonds is 4. The van der Waals surface area contributed by atoms with Gasteiger partial charge in [0.05, 0.1) is 0 Å². The van der Waals surface area contributed by atoms with Gasteiger partial charge in [-0.05, 0) is 12.1 Å². The van der Waals surface area contributed by atoms with E-state index in [9.17, 15) is 4.79 Å². The van der Waals surface area contributed by atoms with E-state index in [-0.39, 0.29) is 16.7 Å². The number of hydrogen-bond donors (Lipinski definition) is 1. The van der Waals surface area contributed by atoms with E-state index in [0.29, 0.717) is 12.0 Å². The minimum Gasteiger partial charge on any atom is -0.374 e. The molecular formula is C10H8N4O2S. The molecular weight excluding hydrogens is 240 g/mol. The zero-order chi connectivity index (χ0) is 12.1. The van der Waals surface area contributed by atoms with Gasteiger partial charge in [-0.3, -0.25) is 4.79 Å². The molecule has 0 aliphatic carbocycles. The second-order valence-corrected chi connectivity index (χ2v) is 3.74. The molecule has 7 heteroatoms. The number of aromatic nitrogens is 2. The van der Waals surface area contributed by atoms with Crippen LogP contribution in [0.25, 0.3) is 0 Å². The van der Waals surface area contributed by atoms with Gasteiger partial charge < -0.3 is 10.6 Å². The van der Waals surface area contributed by atoms with E-state index < -0.39 is 0 Å². The van der Waals surface area contributed by atoms with E-state index in [2.05, 4.69) is 14.5 Å². The molecule has 0 aliphatic heterocycles. The first-order valence-corrected chi connectivity index (χ1v) is 5.41. The molecule has 0 unspecified atom stereocenters. The van der Waals surface area contributed by atoms with Crippen LogP contribution in [0.2, 0.25) is 0 Å². The van der Waals surface area contributed by atoms with E-state index in [1.165, 1.54) is 0 Å². The number of benzene rings is 1. The lowest BCUT2D eigenvalue weighted by atomic mass is 10.3. The van der Waals surface area contributed by atoms with E-state index in [1.807, 2.05) is 6.07 Å². The Balaban J connectivity index is 2.16. The standard InChI is InChI=1S/C10H8N4O2S/c11-10-12-9(14-17-10)8(6-15)13-16-7-4-2-1-3-5-7/h1-6H,(H2,11,12,14)/b13-8+. The largest absolute Gasteiger partial charge is 0.374 e. The summed E-state index contributed by atoms with van der Waals surface area (Å²) in [7, 11) is 0. The second kappa shape index (κ2) is 5.17. The van der Waals surface area contributed by atoms with Crippen molar-refractivity contribution in [1.82, 2.24) is 9.36 Å². The average Bonchev–Trinajstić information content (AvgIpc) is 2.78. The molecule has 1 heterocycles. The third-order valence-electron chi connectivity index (χ3n) is 1.78. The van der Waals surface area contributed by atoms with Gasteiger partial charge in [0.1, 0.15) is 0 Å². The fourth-order valence-corrected chi connectivity index (χ4v) is 1.48. The molecule has 6 nitrogen and oxygen atoms in total. The maximum atomic E-state index is 10.8. The zero-order valence-corrected chi connectivity index (χ0v) is 9.42. The summed E-state index contributed by atoms with van der Waals surface area (Å²) in [5, 5.41) is 3.94. The summed E-state index contributed by atoms with van der Waals surface area (Å²) in [5.41, 5.74) is 5.41. The van der Waals surface area contributed by atoms with Gasteiger partial charge in [0.2, 0.25) is 0 Å². The van der Waals surface area contributed by atoms with Gasteiger partial charge in [0.15, 0.2) is 28.7 Å². The van der Waals surface area contributed by atoms with Gasteiger partial charge in [-0.2, -0.15) is 9.36 Å². The smallest absolute Gasteiger partial charge is 0.200 e. The SMILES string of the molecule is Nc1nc(/C(C=O)=N/Oc2ccccc2)ns1. The molecule has 2 N–H and O–H groups in total. The lowest BCUT2D eigenvalue weighted by Crippen LogP contribution is -2.07. The Bertz CT molecular complexity index is 538. The maximum Gasteiger partial charge on any atom is 0.200 e. The minimum absolute atomic E-state index is 0.00167. The third kappa shape index (κ3) is 2.85. The number of para-hydroxylation sites is 1. The fraction of sp³-hybridized carbons (Fsp3) is 0. The first-order chi connectivity index (χ1) is 8.29. The summed E-state index contributed by atoms with van der Waals surface area (Å²) in [5.74, 6) is 0.688. The van der Waals surface area contributed by atoms with Crippen LogP contribution in [0.3, 0.4) is 0 Å². The Labute approximate surface area is 101 Å². The highest BCUT2D eigenvalue weighted by atomic mass is 32.1. The van der Waals surface area contributed by atoms with Gasteiger partial charge in [0.25, 0.3) is 0 Å². The zero-order valence-electron chi connectivity index (χ0n) is 8.61. The molecule has 17 heavy (non-hydrogen) atoms. The number of aldehydes is 1. The van der Waals surface area contributed by atoms with Crippen LogP contribution >= 0.6 is 11.5 Å². The molecule has 0 aliphatic rings. The molecule has 0 saturated heterocycles. The molecule has 0 fully saturated rings. The Hall–Kier alpha value is -2.28. The van der Waals surface area contributed by atoms with E-state index in [0.717, 1.165) is 11.5 Å². The fourth-order valence-electron chi connectivity index (χ4n) is 1.04. The number of hydrogen-bond acceptors (Lipinski definition) is 7. The number of oxime groups is 1. The number of nitrogen functional groups attached to an aromatic ring is 1. The van der Waals surface area contributed by atoms with Crippen molar-refractivity contribution in [1.29, 1.82) is 0 Å². The van der Waals surface area contributed by atoms with Crippen LogP contribution in [0.4, 0.5) is 5.13 Å². The second-order valence-electron chi connectivity index (χ2n) is 2.95. The van der Waals surface area contributed by atoms with E-state index >= 15 is 0 Å². The Kier molecular flexibility index (Phi) is 3.41. The van der Waals surface area contributed by atoms with Crippen molar-refractivity contribution < 1.29 is 9.63 Å². The summed E-state index contributed by atoms with van der Waals surface area (Å²) in [6, 6.07) is 8.87. The summed E-state index contributed by atoms with van der Waals surface area (Å²) in [4.78, 5) is 19.7. The molecule has 0 saturated carbocycles. The first-order valence-electron chi connectivity index (χ1n) is 4.64. The van der Waals surface area contributed by atoms with Crippen molar-refractivity contribution in [3.05, 3.63) is 36.2 Å². The molecule has 86 valence electrons. The highest BCUT2D eigenvalue weighted by molar-refractivity contribution is 7.09. The van der Waals surface area contributed by atoms with Crippen LogP contribution in [-0.2, 0) is 4.79 Å². The molecule has 2 rings (SSSR count).